The monoisotopic (exact) mass is 365 g/mol. The molecule has 0 spiro atoms. The fraction of sp³-hybridized carbons (Fsp3) is 0.818. The van der Waals surface area contributed by atoms with Gasteiger partial charge in [0.1, 0.15) is 6.04 Å². The molecule has 3 amide bonds. The SMILES string of the molecule is C1CCNC1.O=NNC(=O)[C@@H]1CC[C@@H]2CN1C(=O)N2OS(=O)(=O)O. The first-order valence-electron chi connectivity index (χ1n) is 7.43. The second-order valence-electron chi connectivity index (χ2n) is 5.53. The Labute approximate surface area is 138 Å². The van der Waals surface area contributed by atoms with Gasteiger partial charge in [-0.05, 0) is 38.8 Å². The zero-order chi connectivity index (χ0) is 17.7. The van der Waals surface area contributed by atoms with Gasteiger partial charge in [-0.15, -0.1) is 9.19 Å². The summed E-state index contributed by atoms with van der Waals surface area (Å²) in [7, 11) is -4.82. The van der Waals surface area contributed by atoms with Crippen molar-refractivity contribution in [3.63, 3.8) is 0 Å². The van der Waals surface area contributed by atoms with Crippen LogP contribution in [0.1, 0.15) is 25.7 Å². The largest absolute Gasteiger partial charge is 0.418 e. The summed E-state index contributed by atoms with van der Waals surface area (Å²) in [6.45, 7) is 2.56. The molecule has 0 aromatic carbocycles. The molecule has 3 N–H and O–H groups in total. The van der Waals surface area contributed by atoms with Gasteiger partial charge in [0.2, 0.25) is 0 Å². The van der Waals surface area contributed by atoms with Gasteiger partial charge in [0.25, 0.3) is 5.91 Å². The molecule has 2 bridgehead atoms. The van der Waals surface area contributed by atoms with Gasteiger partial charge < -0.3 is 10.2 Å². The Bertz CT molecular complexity index is 586. The van der Waals surface area contributed by atoms with Crippen LogP contribution >= 0.6 is 0 Å². The molecule has 12 nitrogen and oxygen atoms in total. The van der Waals surface area contributed by atoms with E-state index in [1.807, 2.05) is 0 Å². The molecule has 0 aromatic heterocycles. The lowest BCUT2D eigenvalue weighted by Crippen LogP contribution is -2.48. The van der Waals surface area contributed by atoms with Crippen LogP contribution in [0, 0.1) is 4.91 Å². The van der Waals surface area contributed by atoms with E-state index in [0.29, 0.717) is 5.06 Å². The van der Waals surface area contributed by atoms with E-state index < -0.39 is 34.4 Å². The maximum atomic E-state index is 11.8. The number of piperidine rings is 1. The highest BCUT2D eigenvalue weighted by Gasteiger charge is 2.49. The molecule has 0 saturated carbocycles. The van der Waals surface area contributed by atoms with E-state index in [4.69, 9.17) is 4.55 Å². The summed E-state index contributed by atoms with van der Waals surface area (Å²) >= 11 is 0. The third-order valence-corrected chi connectivity index (χ3v) is 4.26. The summed E-state index contributed by atoms with van der Waals surface area (Å²) < 4.78 is 34.0. The van der Waals surface area contributed by atoms with Crippen molar-refractivity contribution in [3.8, 4) is 0 Å². The zero-order valence-corrected chi connectivity index (χ0v) is 13.6. The van der Waals surface area contributed by atoms with Crippen LogP contribution in [0.25, 0.3) is 0 Å². The van der Waals surface area contributed by atoms with Crippen LogP contribution in [0.3, 0.4) is 0 Å². The van der Waals surface area contributed by atoms with Crippen molar-refractivity contribution < 1.29 is 26.8 Å². The van der Waals surface area contributed by atoms with E-state index in [0.717, 1.165) is 4.90 Å². The van der Waals surface area contributed by atoms with Crippen LogP contribution in [0.5, 0.6) is 0 Å². The Kier molecular flexibility index (Phi) is 6.04. The molecule has 3 rings (SSSR count). The van der Waals surface area contributed by atoms with Crippen molar-refractivity contribution in [2.45, 2.75) is 37.8 Å². The first-order chi connectivity index (χ1) is 11.3. The van der Waals surface area contributed by atoms with Gasteiger partial charge in [-0.1, -0.05) is 0 Å². The number of carbonyl (C=O) groups excluding carboxylic acids is 2. The van der Waals surface area contributed by atoms with Crippen LogP contribution in [0.15, 0.2) is 5.29 Å². The Hall–Kier alpha value is -1.83. The van der Waals surface area contributed by atoms with Gasteiger partial charge in [-0.25, -0.2) is 10.2 Å². The van der Waals surface area contributed by atoms with Crippen molar-refractivity contribution in [2.75, 3.05) is 19.6 Å². The average Bonchev–Trinajstić information content (AvgIpc) is 3.15. The van der Waals surface area contributed by atoms with Crippen molar-refractivity contribution in [2.24, 2.45) is 5.29 Å². The fourth-order valence-electron chi connectivity index (χ4n) is 2.85. The highest BCUT2D eigenvalue weighted by atomic mass is 32.3. The minimum Gasteiger partial charge on any atom is -0.317 e. The molecule has 3 saturated heterocycles. The third kappa shape index (κ3) is 4.59. The zero-order valence-electron chi connectivity index (χ0n) is 12.8. The predicted octanol–water partition coefficient (Wildman–Crippen LogP) is -0.843. The van der Waals surface area contributed by atoms with Crippen LogP contribution in [-0.2, 0) is 19.5 Å². The molecule has 3 aliphatic heterocycles. The molecule has 0 unspecified atom stereocenters. The first-order valence-corrected chi connectivity index (χ1v) is 8.80. The number of nitroso groups, excluding NO2 is 1. The van der Waals surface area contributed by atoms with Crippen LogP contribution in [-0.4, -0.2) is 66.6 Å². The van der Waals surface area contributed by atoms with Gasteiger partial charge in [-0.2, -0.15) is 13.5 Å². The van der Waals surface area contributed by atoms with E-state index in [-0.39, 0.29) is 19.4 Å². The molecule has 3 heterocycles. The second kappa shape index (κ2) is 7.83. The molecule has 24 heavy (non-hydrogen) atoms. The lowest BCUT2D eigenvalue weighted by Gasteiger charge is -2.28. The Balaban J connectivity index is 0.000000355. The van der Waals surface area contributed by atoms with Gasteiger partial charge in [-0.3, -0.25) is 9.35 Å². The van der Waals surface area contributed by atoms with Crippen molar-refractivity contribution in [1.29, 1.82) is 0 Å². The maximum absolute atomic E-state index is 11.8. The summed E-state index contributed by atoms with van der Waals surface area (Å²) in [6, 6.07) is -2.37. The fourth-order valence-corrected chi connectivity index (χ4v) is 3.24. The van der Waals surface area contributed by atoms with Gasteiger partial charge in [0, 0.05) is 6.54 Å². The quantitative estimate of drug-likeness (QED) is 0.330. The molecule has 0 radical (unpaired) electrons. The Morgan fingerprint density at radius 2 is 2.00 bits per heavy atom. The molecular formula is C11H19N5O7S. The first kappa shape index (κ1) is 18.5. The summed E-state index contributed by atoms with van der Waals surface area (Å²) in [5.41, 5.74) is 1.69. The summed E-state index contributed by atoms with van der Waals surface area (Å²) in [6.07, 6.45) is 3.29. The predicted molar refractivity (Wildman–Crippen MR) is 79.4 cm³/mol. The molecule has 3 fully saturated rings. The number of urea groups is 1. The van der Waals surface area contributed by atoms with Crippen LogP contribution in [0.4, 0.5) is 4.79 Å². The van der Waals surface area contributed by atoms with E-state index in [1.54, 1.807) is 5.43 Å². The van der Waals surface area contributed by atoms with Crippen molar-refractivity contribution in [1.82, 2.24) is 20.7 Å². The van der Waals surface area contributed by atoms with Gasteiger partial charge in [0.15, 0.2) is 0 Å². The standard InChI is InChI=1S/C7H10N4O7S.C4H9N/c12-6(8-9-14)5-2-1-4-3-10(5)7(13)11(4)18-19(15,16)17;1-2-4-5-3-1/h4-5H,1-3H2,(H,8,12,14)(H,15,16,17);5H,1-4H2/t4-,5+;/m1./s1. The van der Waals surface area contributed by atoms with E-state index in [9.17, 15) is 22.9 Å². The molecule has 0 aliphatic carbocycles. The minimum atomic E-state index is -4.82. The van der Waals surface area contributed by atoms with Crippen LogP contribution in [0.2, 0.25) is 0 Å². The molecule has 136 valence electrons. The number of carbonyl (C=O) groups is 2. The molecule has 13 heteroatoms. The number of rotatable bonds is 4. The average molecular weight is 365 g/mol. The van der Waals surface area contributed by atoms with E-state index >= 15 is 0 Å². The number of nitrogens with zero attached hydrogens (tertiary/aromatic N) is 3. The minimum absolute atomic E-state index is 0.0608. The number of nitrogens with one attached hydrogen (secondary N) is 2. The number of hydroxylamine groups is 2. The second-order valence-corrected chi connectivity index (χ2v) is 6.54. The van der Waals surface area contributed by atoms with Gasteiger partial charge >= 0.3 is 16.4 Å². The number of amides is 3. The summed E-state index contributed by atoms with van der Waals surface area (Å²) in [5, 5.41) is 5.96. The Morgan fingerprint density at radius 3 is 2.50 bits per heavy atom. The normalized spacial score (nSPS) is 26.0. The molecule has 2 atom stereocenters. The molecular weight excluding hydrogens is 346 g/mol. The van der Waals surface area contributed by atoms with E-state index in [1.165, 1.54) is 25.9 Å². The lowest BCUT2D eigenvalue weighted by atomic mass is 10.0. The molecule has 3 aliphatic rings. The summed E-state index contributed by atoms with van der Waals surface area (Å²) in [5.74, 6) is -0.754. The van der Waals surface area contributed by atoms with Crippen LogP contribution < -0.4 is 10.7 Å². The smallest absolute Gasteiger partial charge is 0.317 e. The van der Waals surface area contributed by atoms with Crippen molar-refractivity contribution >= 4 is 22.3 Å². The number of hydrogen-bond donors (Lipinski definition) is 3. The number of hydrogen-bond acceptors (Lipinski definition) is 8. The molecule has 0 aromatic rings. The highest BCUT2D eigenvalue weighted by Crippen LogP contribution is 2.30. The summed E-state index contributed by atoms with van der Waals surface area (Å²) in [4.78, 5) is 34.4. The highest BCUT2D eigenvalue weighted by molar-refractivity contribution is 7.80. The number of fused-ring (bicyclic) bond motifs is 2. The van der Waals surface area contributed by atoms with Crippen molar-refractivity contribution in [3.05, 3.63) is 4.91 Å². The van der Waals surface area contributed by atoms with E-state index in [2.05, 4.69) is 14.9 Å². The van der Waals surface area contributed by atoms with Gasteiger partial charge in [0.05, 0.1) is 11.3 Å². The lowest BCUT2D eigenvalue weighted by molar-refractivity contribution is -0.126. The topological polar surface area (TPSA) is 158 Å². The maximum Gasteiger partial charge on any atom is 0.418 e. The Morgan fingerprint density at radius 1 is 1.33 bits per heavy atom. The third-order valence-electron chi connectivity index (χ3n) is 3.91.